The minimum absolute atomic E-state index is 0.0588. The summed E-state index contributed by atoms with van der Waals surface area (Å²) in [5, 5.41) is 9.21. The van der Waals surface area contributed by atoms with Gasteiger partial charge in [0.2, 0.25) is 0 Å². The summed E-state index contributed by atoms with van der Waals surface area (Å²) in [5.74, 6) is -1.29. The van der Waals surface area contributed by atoms with Crippen LogP contribution in [0.4, 0.5) is 8.78 Å². The van der Waals surface area contributed by atoms with Gasteiger partial charge in [0.25, 0.3) is 0 Å². The van der Waals surface area contributed by atoms with Crippen molar-refractivity contribution >= 4 is 5.97 Å². The first-order valence-electron chi connectivity index (χ1n) is 13.2. The first-order chi connectivity index (χ1) is 18.1. The Balaban J connectivity index is 1.67. The number of ether oxygens (including phenoxy) is 2. The molecule has 202 valence electrons. The van der Waals surface area contributed by atoms with Crippen LogP contribution in [0.1, 0.15) is 81.4 Å². The predicted molar refractivity (Wildman–Crippen MR) is 145 cm³/mol. The first-order valence-corrected chi connectivity index (χ1v) is 13.2. The van der Waals surface area contributed by atoms with Crippen LogP contribution in [-0.4, -0.2) is 18.2 Å². The molecule has 1 saturated carbocycles. The molecule has 0 unspecified atom stereocenters. The highest BCUT2D eigenvalue weighted by Crippen LogP contribution is 2.51. The molecule has 1 N–H and O–H groups in total. The van der Waals surface area contributed by atoms with Crippen LogP contribution in [0.2, 0.25) is 0 Å². The number of hydrogen-bond acceptors (Lipinski definition) is 3. The second kappa shape index (κ2) is 11.5. The van der Waals surface area contributed by atoms with Gasteiger partial charge in [0.15, 0.2) is 11.6 Å². The summed E-state index contributed by atoms with van der Waals surface area (Å²) in [6, 6.07) is 15.5. The van der Waals surface area contributed by atoms with Gasteiger partial charge >= 0.3 is 5.97 Å². The fraction of sp³-hybridized carbons (Fsp3) is 0.406. The SMILES string of the molecule is CC[C@H](CC(=O)O)c1cccc(OCc2ccc(-c3cc(OC)ccc3F)c([C@@H]3CCCC3(C)C)c2)c1F. The van der Waals surface area contributed by atoms with Crippen LogP contribution in [-0.2, 0) is 11.4 Å². The van der Waals surface area contributed by atoms with Crippen molar-refractivity contribution in [3.05, 3.63) is 82.9 Å². The van der Waals surface area contributed by atoms with E-state index in [4.69, 9.17) is 9.47 Å². The van der Waals surface area contributed by atoms with Gasteiger partial charge in [-0.05, 0) is 83.0 Å². The zero-order chi connectivity index (χ0) is 27.4. The number of hydrogen-bond donors (Lipinski definition) is 1. The molecule has 0 amide bonds. The van der Waals surface area contributed by atoms with Crippen molar-refractivity contribution in [1.82, 2.24) is 0 Å². The van der Waals surface area contributed by atoms with Crippen LogP contribution in [0.5, 0.6) is 11.5 Å². The summed E-state index contributed by atoms with van der Waals surface area (Å²) in [6.45, 7) is 6.49. The molecule has 38 heavy (non-hydrogen) atoms. The minimum Gasteiger partial charge on any atom is -0.497 e. The first kappa shape index (κ1) is 27.6. The Kier molecular flexibility index (Phi) is 8.39. The molecule has 0 bridgehead atoms. The van der Waals surface area contributed by atoms with Crippen molar-refractivity contribution in [2.75, 3.05) is 7.11 Å². The number of aliphatic carboxylic acids is 1. The number of halogens is 2. The molecule has 0 spiro atoms. The van der Waals surface area contributed by atoms with Gasteiger partial charge in [0, 0.05) is 5.56 Å². The van der Waals surface area contributed by atoms with Gasteiger partial charge in [0.05, 0.1) is 13.5 Å². The van der Waals surface area contributed by atoms with Gasteiger partial charge in [0.1, 0.15) is 18.2 Å². The van der Waals surface area contributed by atoms with Crippen molar-refractivity contribution in [3.8, 4) is 22.6 Å². The maximum absolute atomic E-state index is 15.3. The monoisotopic (exact) mass is 522 g/mol. The normalized spacial score (nSPS) is 17.3. The Morgan fingerprint density at radius 1 is 1.11 bits per heavy atom. The van der Waals surface area contributed by atoms with E-state index in [1.807, 2.05) is 19.1 Å². The van der Waals surface area contributed by atoms with E-state index in [1.54, 1.807) is 37.4 Å². The lowest BCUT2D eigenvalue weighted by Gasteiger charge is -2.30. The molecule has 2 atom stereocenters. The Hall–Kier alpha value is -3.41. The Bertz CT molecular complexity index is 1300. The molecule has 6 heteroatoms. The zero-order valence-electron chi connectivity index (χ0n) is 22.5. The molecule has 0 saturated heterocycles. The Morgan fingerprint density at radius 3 is 2.55 bits per heavy atom. The number of benzene rings is 3. The lowest BCUT2D eigenvalue weighted by molar-refractivity contribution is -0.137. The molecule has 3 aromatic rings. The van der Waals surface area contributed by atoms with E-state index in [-0.39, 0.29) is 35.9 Å². The van der Waals surface area contributed by atoms with E-state index in [2.05, 4.69) is 19.9 Å². The summed E-state index contributed by atoms with van der Waals surface area (Å²) < 4.78 is 41.6. The van der Waals surface area contributed by atoms with Gasteiger partial charge in [-0.25, -0.2) is 8.78 Å². The van der Waals surface area contributed by atoms with Crippen molar-refractivity contribution in [2.24, 2.45) is 5.41 Å². The summed E-state index contributed by atoms with van der Waals surface area (Å²) in [7, 11) is 1.57. The van der Waals surface area contributed by atoms with Crippen molar-refractivity contribution in [3.63, 3.8) is 0 Å². The molecule has 0 heterocycles. The largest absolute Gasteiger partial charge is 0.497 e. The van der Waals surface area contributed by atoms with Crippen LogP contribution in [0, 0.1) is 17.0 Å². The third-order valence-electron chi connectivity index (χ3n) is 7.95. The number of methoxy groups -OCH3 is 1. The molecule has 0 aliphatic heterocycles. The van der Waals surface area contributed by atoms with E-state index < -0.39 is 17.7 Å². The fourth-order valence-electron chi connectivity index (χ4n) is 5.78. The molecular formula is C32H36F2O4. The van der Waals surface area contributed by atoms with Gasteiger partial charge in [-0.1, -0.05) is 57.5 Å². The standard InChI is InChI=1S/C32H36F2O4/c1-5-21(17-30(35)36)23-8-6-10-29(31(23)34)38-19-20-11-13-24(26-18-22(37-4)12-14-28(26)33)25(16-20)27-9-7-15-32(27,2)3/h6,8,10-14,16,18,21,27H,5,7,9,15,17,19H2,1-4H3,(H,35,36)/t21-,27+/m1/s1. The highest BCUT2D eigenvalue weighted by molar-refractivity contribution is 5.71. The average molecular weight is 523 g/mol. The van der Waals surface area contributed by atoms with Gasteiger partial charge < -0.3 is 14.6 Å². The molecule has 4 rings (SSSR count). The van der Waals surface area contributed by atoms with Crippen molar-refractivity contribution in [1.29, 1.82) is 0 Å². The summed E-state index contributed by atoms with van der Waals surface area (Å²) >= 11 is 0. The van der Waals surface area contributed by atoms with Crippen LogP contribution >= 0.6 is 0 Å². The number of carboxylic acid groups (broad SMARTS) is 1. The topological polar surface area (TPSA) is 55.8 Å². The molecule has 1 fully saturated rings. The second-order valence-corrected chi connectivity index (χ2v) is 10.9. The fourth-order valence-corrected chi connectivity index (χ4v) is 5.78. The molecule has 3 aromatic carbocycles. The lowest BCUT2D eigenvalue weighted by atomic mass is 9.75. The third-order valence-corrected chi connectivity index (χ3v) is 7.95. The lowest BCUT2D eigenvalue weighted by Crippen LogP contribution is -2.17. The van der Waals surface area contributed by atoms with Crippen LogP contribution in [0.3, 0.4) is 0 Å². The Labute approximate surface area is 223 Å². The number of carbonyl (C=O) groups is 1. The predicted octanol–water partition coefficient (Wildman–Crippen LogP) is 8.48. The van der Waals surface area contributed by atoms with E-state index >= 15 is 8.78 Å². The van der Waals surface area contributed by atoms with E-state index in [1.165, 1.54) is 6.07 Å². The summed E-state index contributed by atoms with van der Waals surface area (Å²) in [5.41, 5.74) is 3.66. The van der Waals surface area contributed by atoms with E-state index in [0.29, 0.717) is 23.3 Å². The van der Waals surface area contributed by atoms with Gasteiger partial charge in [-0.3, -0.25) is 4.79 Å². The molecule has 1 aliphatic rings. The van der Waals surface area contributed by atoms with Gasteiger partial charge in [-0.15, -0.1) is 0 Å². The quantitative estimate of drug-likeness (QED) is 0.290. The smallest absolute Gasteiger partial charge is 0.303 e. The maximum atomic E-state index is 15.3. The molecule has 4 nitrogen and oxygen atoms in total. The van der Waals surface area contributed by atoms with Gasteiger partial charge in [-0.2, -0.15) is 0 Å². The van der Waals surface area contributed by atoms with Crippen LogP contribution in [0.25, 0.3) is 11.1 Å². The van der Waals surface area contributed by atoms with Crippen LogP contribution in [0.15, 0.2) is 54.6 Å². The molecular weight excluding hydrogens is 486 g/mol. The Morgan fingerprint density at radius 2 is 1.89 bits per heavy atom. The number of rotatable bonds is 10. The van der Waals surface area contributed by atoms with Crippen molar-refractivity contribution < 1.29 is 28.2 Å². The zero-order valence-corrected chi connectivity index (χ0v) is 22.5. The summed E-state index contributed by atoms with van der Waals surface area (Å²) in [6.07, 6.45) is 3.57. The molecule has 0 radical (unpaired) electrons. The van der Waals surface area contributed by atoms with E-state index in [9.17, 15) is 9.90 Å². The maximum Gasteiger partial charge on any atom is 0.303 e. The van der Waals surface area contributed by atoms with Crippen molar-refractivity contribution in [2.45, 2.75) is 71.3 Å². The van der Waals surface area contributed by atoms with E-state index in [0.717, 1.165) is 36.0 Å². The average Bonchev–Trinajstić information content (AvgIpc) is 3.25. The number of carboxylic acids is 1. The minimum atomic E-state index is -0.961. The molecule has 1 aliphatic carbocycles. The third kappa shape index (κ3) is 5.85. The molecule has 0 aromatic heterocycles. The highest BCUT2D eigenvalue weighted by Gasteiger charge is 2.37. The summed E-state index contributed by atoms with van der Waals surface area (Å²) in [4.78, 5) is 11.2. The second-order valence-electron chi connectivity index (χ2n) is 10.9. The van der Waals surface area contributed by atoms with Crippen LogP contribution < -0.4 is 9.47 Å². The highest BCUT2D eigenvalue weighted by atomic mass is 19.1.